The standard InChI is InChI=1S/C11H18N2O3S2/c1-9(17(3)14)8-13-10-6-4-5-7-11(10)18(15,16)12-2/h4-7,9,12-13H,8H2,1-3H3. The third-order valence-corrected chi connectivity index (χ3v) is 5.36. The van der Waals surface area contributed by atoms with Crippen molar-refractivity contribution < 1.29 is 12.6 Å². The summed E-state index contributed by atoms with van der Waals surface area (Å²) in [6.45, 7) is 2.30. The van der Waals surface area contributed by atoms with Crippen LogP contribution in [0.5, 0.6) is 0 Å². The molecular formula is C11H18N2O3S2. The molecule has 0 heterocycles. The summed E-state index contributed by atoms with van der Waals surface area (Å²) in [6, 6.07) is 6.64. The minimum atomic E-state index is -3.49. The minimum Gasteiger partial charge on any atom is -0.383 e. The third kappa shape index (κ3) is 3.79. The van der Waals surface area contributed by atoms with Crippen LogP contribution in [0, 0.1) is 0 Å². The largest absolute Gasteiger partial charge is 0.383 e. The van der Waals surface area contributed by atoms with Crippen molar-refractivity contribution in [2.45, 2.75) is 17.1 Å². The molecule has 0 aliphatic heterocycles. The summed E-state index contributed by atoms with van der Waals surface area (Å²) < 4.78 is 37.1. The molecule has 102 valence electrons. The molecule has 0 bridgehead atoms. The van der Waals surface area contributed by atoms with Crippen molar-refractivity contribution in [1.29, 1.82) is 0 Å². The van der Waals surface area contributed by atoms with Gasteiger partial charge in [0.05, 0.1) is 5.69 Å². The highest BCUT2D eigenvalue weighted by atomic mass is 32.2. The molecule has 0 amide bonds. The van der Waals surface area contributed by atoms with Gasteiger partial charge in [-0.2, -0.15) is 0 Å². The van der Waals surface area contributed by atoms with E-state index in [2.05, 4.69) is 10.0 Å². The number of anilines is 1. The zero-order valence-electron chi connectivity index (χ0n) is 10.6. The first kappa shape index (κ1) is 15.1. The fourth-order valence-corrected chi connectivity index (χ4v) is 2.55. The molecule has 1 aromatic carbocycles. The van der Waals surface area contributed by atoms with Crippen LogP contribution in [0.2, 0.25) is 0 Å². The maximum absolute atomic E-state index is 11.8. The van der Waals surface area contributed by atoms with Gasteiger partial charge in [-0.15, -0.1) is 0 Å². The van der Waals surface area contributed by atoms with Gasteiger partial charge in [0, 0.05) is 28.9 Å². The Balaban J connectivity index is 2.94. The Labute approximate surface area is 110 Å². The summed E-state index contributed by atoms with van der Waals surface area (Å²) >= 11 is 0. The van der Waals surface area contributed by atoms with E-state index in [4.69, 9.17) is 0 Å². The molecule has 0 aromatic heterocycles. The van der Waals surface area contributed by atoms with Crippen LogP contribution in [0.15, 0.2) is 29.2 Å². The molecule has 5 nitrogen and oxygen atoms in total. The predicted molar refractivity (Wildman–Crippen MR) is 74.7 cm³/mol. The highest BCUT2D eigenvalue weighted by molar-refractivity contribution is 7.89. The Morgan fingerprint density at radius 2 is 1.94 bits per heavy atom. The van der Waals surface area contributed by atoms with Crippen molar-refractivity contribution in [2.24, 2.45) is 0 Å². The van der Waals surface area contributed by atoms with Gasteiger partial charge in [0.15, 0.2) is 0 Å². The number of sulfonamides is 1. The van der Waals surface area contributed by atoms with Crippen LogP contribution in [0.4, 0.5) is 5.69 Å². The number of benzene rings is 1. The van der Waals surface area contributed by atoms with Gasteiger partial charge in [-0.25, -0.2) is 13.1 Å². The van der Waals surface area contributed by atoms with Gasteiger partial charge >= 0.3 is 0 Å². The second kappa shape index (κ2) is 6.31. The van der Waals surface area contributed by atoms with Gasteiger partial charge in [-0.1, -0.05) is 12.1 Å². The molecular weight excluding hydrogens is 272 g/mol. The maximum Gasteiger partial charge on any atom is 0.242 e. The lowest BCUT2D eigenvalue weighted by molar-refractivity contribution is 0.588. The van der Waals surface area contributed by atoms with Crippen molar-refractivity contribution in [3.8, 4) is 0 Å². The number of rotatable bonds is 6. The summed E-state index contributed by atoms with van der Waals surface area (Å²) in [5.41, 5.74) is 0.518. The summed E-state index contributed by atoms with van der Waals surface area (Å²) in [5.74, 6) is 0. The lowest BCUT2D eigenvalue weighted by atomic mass is 10.3. The highest BCUT2D eigenvalue weighted by Gasteiger charge is 2.16. The second-order valence-corrected chi connectivity index (χ2v) is 7.55. The SMILES string of the molecule is CNS(=O)(=O)c1ccccc1NCC(C)S(C)=O. The van der Waals surface area contributed by atoms with E-state index in [1.807, 2.05) is 6.92 Å². The predicted octanol–water partition coefficient (Wildman–Crippen LogP) is 0.774. The molecule has 7 heteroatoms. The normalized spacial score (nSPS) is 15.1. The molecule has 2 N–H and O–H groups in total. The molecule has 0 spiro atoms. The van der Waals surface area contributed by atoms with Gasteiger partial charge in [0.2, 0.25) is 10.0 Å². The minimum absolute atomic E-state index is 0.0460. The first-order valence-corrected chi connectivity index (χ1v) is 8.57. The van der Waals surface area contributed by atoms with Gasteiger partial charge in [0.25, 0.3) is 0 Å². The van der Waals surface area contributed by atoms with Crippen LogP contribution in [-0.4, -0.2) is 37.7 Å². The van der Waals surface area contributed by atoms with Gasteiger partial charge in [-0.3, -0.25) is 4.21 Å². The topological polar surface area (TPSA) is 75.3 Å². The zero-order chi connectivity index (χ0) is 13.8. The first-order chi connectivity index (χ1) is 8.38. The van der Waals surface area contributed by atoms with Crippen molar-refractivity contribution >= 4 is 26.5 Å². The number of hydrogen-bond acceptors (Lipinski definition) is 4. The third-order valence-electron chi connectivity index (χ3n) is 2.59. The van der Waals surface area contributed by atoms with E-state index in [9.17, 15) is 12.6 Å². The van der Waals surface area contributed by atoms with Crippen LogP contribution >= 0.6 is 0 Å². The molecule has 1 aromatic rings. The maximum atomic E-state index is 11.8. The Morgan fingerprint density at radius 3 is 2.50 bits per heavy atom. The van der Waals surface area contributed by atoms with Gasteiger partial charge < -0.3 is 5.32 Å². The Kier molecular flexibility index (Phi) is 5.30. The van der Waals surface area contributed by atoms with Crippen LogP contribution in [0.3, 0.4) is 0 Å². The van der Waals surface area contributed by atoms with Gasteiger partial charge in [0.1, 0.15) is 4.90 Å². The molecule has 18 heavy (non-hydrogen) atoms. The molecule has 0 fully saturated rings. The smallest absolute Gasteiger partial charge is 0.242 e. The number of hydrogen-bond donors (Lipinski definition) is 2. The molecule has 0 radical (unpaired) electrons. The van der Waals surface area contributed by atoms with E-state index in [-0.39, 0.29) is 10.1 Å². The van der Waals surface area contributed by atoms with Crippen molar-refractivity contribution in [3.63, 3.8) is 0 Å². The van der Waals surface area contributed by atoms with Crippen LogP contribution in [-0.2, 0) is 20.8 Å². The first-order valence-electron chi connectivity index (χ1n) is 5.47. The highest BCUT2D eigenvalue weighted by Crippen LogP contribution is 2.20. The van der Waals surface area contributed by atoms with E-state index >= 15 is 0 Å². The second-order valence-electron chi connectivity index (χ2n) is 3.89. The van der Waals surface area contributed by atoms with E-state index in [1.54, 1.807) is 24.5 Å². The molecule has 0 saturated carbocycles. The van der Waals surface area contributed by atoms with Crippen LogP contribution in [0.25, 0.3) is 0 Å². The van der Waals surface area contributed by atoms with Crippen molar-refractivity contribution in [3.05, 3.63) is 24.3 Å². The number of nitrogens with one attached hydrogen (secondary N) is 2. The molecule has 2 atom stereocenters. The van der Waals surface area contributed by atoms with E-state index in [0.29, 0.717) is 12.2 Å². The van der Waals surface area contributed by atoms with Crippen molar-refractivity contribution in [2.75, 3.05) is 25.2 Å². The fourth-order valence-electron chi connectivity index (χ4n) is 1.33. The monoisotopic (exact) mass is 290 g/mol. The van der Waals surface area contributed by atoms with E-state index in [1.165, 1.54) is 13.1 Å². The molecule has 1 rings (SSSR count). The Hall–Kier alpha value is -0.920. The average Bonchev–Trinajstić information content (AvgIpc) is 2.36. The van der Waals surface area contributed by atoms with E-state index in [0.717, 1.165) is 0 Å². The van der Waals surface area contributed by atoms with Gasteiger partial charge in [-0.05, 0) is 26.1 Å². The lowest BCUT2D eigenvalue weighted by Crippen LogP contribution is -2.24. The van der Waals surface area contributed by atoms with Crippen molar-refractivity contribution in [1.82, 2.24) is 4.72 Å². The number of para-hydroxylation sites is 1. The van der Waals surface area contributed by atoms with E-state index < -0.39 is 20.8 Å². The molecule has 0 saturated heterocycles. The Bertz CT molecular complexity index is 529. The van der Waals surface area contributed by atoms with Crippen LogP contribution < -0.4 is 10.0 Å². The lowest BCUT2D eigenvalue weighted by Gasteiger charge is -2.14. The fraction of sp³-hybridized carbons (Fsp3) is 0.455. The summed E-state index contributed by atoms with van der Waals surface area (Å²) in [6.07, 6.45) is 1.63. The summed E-state index contributed by atoms with van der Waals surface area (Å²) in [4.78, 5) is 0.196. The average molecular weight is 290 g/mol. The molecule has 2 unspecified atom stereocenters. The quantitative estimate of drug-likeness (QED) is 0.811. The molecule has 0 aliphatic carbocycles. The molecule has 0 aliphatic rings. The summed E-state index contributed by atoms with van der Waals surface area (Å²) in [5, 5.41) is 2.98. The summed E-state index contributed by atoms with van der Waals surface area (Å²) in [7, 11) is -3.06. The Morgan fingerprint density at radius 1 is 1.33 bits per heavy atom. The zero-order valence-corrected chi connectivity index (χ0v) is 12.3. The van der Waals surface area contributed by atoms with Crippen LogP contribution in [0.1, 0.15) is 6.92 Å².